The van der Waals surface area contributed by atoms with Crippen LogP contribution in [0, 0.1) is 5.41 Å². The number of aromatic carboxylic acids is 1. The summed E-state index contributed by atoms with van der Waals surface area (Å²) >= 11 is 0. The molecule has 4 nitrogen and oxygen atoms in total. The van der Waals surface area contributed by atoms with Crippen molar-refractivity contribution < 1.29 is 14.7 Å². The molecule has 0 saturated carbocycles. The van der Waals surface area contributed by atoms with Gasteiger partial charge in [0, 0.05) is 30.9 Å². The van der Waals surface area contributed by atoms with Gasteiger partial charge < -0.3 is 10.0 Å². The number of hydrogen-bond acceptors (Lipinski definition) is 3. The van der Waals surface area contributed by atoms with E-state index < -0.39 is 5.97 Å². The minimum Gasteiger partial charge on any atom is -0.478 e. The highest BCUT2D eigenvalue weighted by Gasteiger charge is 2.21. The van der Waals surface area contributed by atoms with E-state index in [0.29, 0.717) is 5.56 Å². The lowest BCUT2D eigenvalue weighted by atomic mass is 9.84. The first-order valence-corrected chi connectivity index (χ1v) is 11.0. The maximum atomic E-state index is 13.2. The van der Waals surface area contributed by atoms with Crippen molar-refractivity contribution in [2.24, 2.45) is 5.41 Å². The molecule has 0 fully saturated rings. The van der Waals surface area contributed by atoms with Gasteiger partial charge in [-0.05, 0) is 58.9 Å². The van der Waals surface area contributed by atoms with Crippen LogP contribution < -0.4 is 4.90 Å². The van der Waals surface area contributed by atoms with Gasteiger partial charge >= 0.3 is 5.97 Å². The van der Waals surface area contributed by atoms with Crippen molar-refractivity contribution in [3.05, 3.63) is 95.1 Å². The normalized spacial score (nSPS) is 11.5. The number of carboxylic acid groups (broad SMARTS) is 1. The molecule has 170 valence electrons. The van der Waals surface area contributed by atoms with Crippen LogP contribution in [0.3, 0.4) is 0 Å². The van der Waals surface area contributed by atoms with Crippen molar-refractivity contribution in [2.45, 2.75) is 27.2 Å². The minimum atomic E-state index is -0.970. The van der Waals surface area contributed by atoms with Crippen LogP contribution in [0.15, 0.2) is 72.8 Å². The lowest BCUT2D eigenvalue weighted by molar-refractivity contribution is 0.0696. The number of carbonyl (C=O) groups excluding carboxylic acids is 1. The molecule has 33 heavy (non-hydrogen) atoms. The van der Waals surface area contributed by atoms with E-state index in [1.165, 1.54) is 12.1 Å². The number of rotatable bonds is 7. The number of anilines is 1. The van der Waals surface area contributed by atoms with Crippen molar-refractivity contribution >= 4 is 23.5 Å². The molecule has 1 N–H and O–H groups in total. The summed E-state index contributed by atoms with van der Waals surface area (Å²) in [6, 6.07) is 20.6. The van der Waals surface area contributed by atoms with Crippen LogP contribution in [0.5, 0.6) is 0 Å². The SMILES string of the molecule is CN(C)c1c(CC(C)(C)C)cc(C(=O)C=Cc2ccc(C(=O)O)cc2)cc1-c1ccccc1. The van der Waals surface area contributed by atoms with Crippen molar-refractivity contribution in [1.29, 1.82) is 0 Å². The molecular weight excluding hydrogens is 410 g/mol. The number of benzene rings is 3. The molecule has 0 atom stereocenters. The molecule has 0 radical (unpaired) electrons. The molecule has 3 aromatic rings. The van der Waals surface area contributed by atoms with E-state index in [1.54, 1.807) is 24.3 Å². The first-order valence-electron chi connectivity index (χ1n) is 11.0. The Kier molecular flexibility index (Phi) is 7.17. The number of allylic oxidation sites excluding steroid dienone is 1. The lowest BCUT2D eigenvalue weighted by Crippen LogP contribution is -2.18. The number of carbonyl (C=O) groups is 2. The first kappa shape index (κ1) is 24.0. The average molecular weight is 442 g/mol. The average Bonchev–Trinajstić information content (AvgIpc) is 2.76. The largest absolute Gasteiger partial charge is 0.478 e. The van der Waals surface area contributed by atoms with Gasteiger partial charge in [0.05, 0.1) is 5.56 Å². The Morgan fingerprint density at radius 2 is 1.55 bits per heavy atom. The zero-order valence-corrected chi connectivity index (χ0v) is 19.9. The molecule has 0 bridgehead atoms. The molecule has 0 aromatic heterocycles. The smallest absolute Gasteiger partial charge is 0.335 e. The maximum absolute atomic E-state index is 13.2. The summed E-state index contributed by atoms with van der Waals surface area (Å²) in [7, 11) is 4.08. The first-order chi connectivity index (χ1) is 15.5. The Hall–Kier alpha value is -3.66. The predicted molar refractivity (Wildman–Crippen MR) is 136 cm³/mol. The quantitative estimate of drug-likeness (QED) is 0.331. The van der Waals surface area contributed by atoms with Crippen LogP contribution in [0.1, 0.15) is 52.6 Å². The second-order valence-corrected chi connectivity index (χ2v) is 9.65. The van der Waals surface area contributed by atoms with Crippen LogP contribution in [0.25, 0.3) is 17.2 Å². The van der Waals surface area contributed by atoms with E-state index in [9.17, 15) is 9.59 Å². The Labute approximate surface area is 196 Å². The van der Waals surface area contributed by atoms with Gasteiger partial charge in [-0.15, -0.1) is 0 Å². The fourth-order valence-corrected chi connectivity index (χ4v) is 3.91. The van der Waals surface area contributed by atoms with Crippen molar-refractivity contribution in [3.63, 3.8) is 0 Å². The highest BCUT2D eigenvalue weighted by atomic mass is 16.4. The molecular formula is C29H31NO3. The molecule has 0 amide bonds. The van der Waals surface area contributed by atoms with E-state index >= 15 is 0 Å². The van der Waals surface area contributed by atoms with Gasteiger partial charge in [-0.1, -0.05) is 69.3 Å². The van der Waals surface area contributed by atoms with Crippen LogP contribution in [-0.2, 0) is 6.42 Å². The number of nitrogens with zero attached hydrogens (tertiary/aromatic N) is 1. The molecule has 3 rings (SSSR count). The fourth-order valence-electron chi connectivity index (χ4n) is 3.91. The van der Waals surface area contributed by atoms with Crippen LogP contribution in [-0.4, -0.2) is 31.0 Å². The standard InChI is InChI=1S/C29H31NO3/c1-29(2,3)19-24-17-23(18-25(27(24)30(4)5)21-9-7-6-8-10-21)26(31)16-13-20-11-14-22(15-12-20)28(32)33/h6-18H,19H2,1-5H3,(H,32,33). The molecule has 0 aliphatic rings. The fraction of sp³-hybridized carbons (Fsp3) is 0.241. The Morgan fingerprint density at radius 3 is 2.09 bits per heavy atom. The molecule has 4 heteroatoms. The Morgan fingerprint density at radius 1 is 0.909 bits per heavy atom. The van der Waals surface area contributed by atoms with Crippen LogP contribution in [0.4, 0.5) is 5.69 Å². The van der Waals surface area contributed by atoms with Crippen LogP contribution in [0.2, 0.25) is 0 Å². The molecule has 0 spiro atoms. The molecule has 0 heterocycles. The topological polar surface area (TPSA) is 57.6 Å². The zero-order valence-electron chi connectivity index (χ0n) is 19.9. The van der Waals surface area contributed by atoms with Crippen molar-refractivity contribution in [1.82, 2.24) is 0 Å². The summed E-state index contributed by atoms with van der Waals surface area (Å²) in [4.78, 5) is 26.3. The van der Waals surface area contributed by atoms with E-state index in [1.807, 2.05) is 44.4 Å². The van der Waals surface area contributed by atoms with Crippen molar-refractivity contribution in [2.75, 3.05) is 19.0 Å². The minimum absolute atomic E-state index is 0.0577. The van der Waals surface area contributed by atoms with Gasteiger partial charge in [0.1, 0.15) is 0 Å². The van der Waals surface area contributed by atoms with E-state index in [2.05, 4.69) is 37.8 Å². The second-order valence-electron chi connectivity index (χ2n) is 9.65. The van der Waals surface area contributed by atoms with Gasteiger partial charge in [0.2, 0.25) is 0 Å². The van der Waals surface area contributed by atoms with Gasteiger partial charge in [-0.2, -0.15) is 0 Å². The maximum Gasteiger partial charge on any atom is 0.335 e. The number of ketones is 1. The summed E-state index contributed by atoms with van der Waals surface area (Å²) in [5.41, 5.74) is 6.05. The summed E-state index contributed by atoms with van der Waals surface area (Å²) in [5.74, 6) is -1.06. The summed E-state index contributed by atoms with van der Waals surface area (Å²) in [6.07, 6.45) is 4.11. The molecule has 0 saturated heterocycles. The van der Waals surface area contributed by atoms with Gasteiger partial charge in [0.15, 0.2) is 5.78 Å². The monoisotopic (exact) mass is 441 g/mol. The third-order valence-electron chi connectivity index (χ3n) is 5.31. The highest BCUT2D eigenvalue weighted by molar-refractivity contribution is 6.08. The number of carboxylic acids is 1. The van der Waals surface area contributed by atoms with E-state index in [4.69, 9.17) is 5.11 Å². The highest BCUT2D eigenvalue weighted by Crippen LogP contribution is 2.37. The molecule has 0 aliphatic heterocycles. The van der Waals surface area contributed by atoms with Gasteiger partial charge in [-0.25, -0.2) is 4.79 Å². The predicted octanol–water partition coefficient (Wildman–Crippen LogP) is 6.60. The van der Waals surface area contributed by atoms with Gasteiger partial charge in [0.25, 0.3) is 0 Å². The third-order valence-corrected chi connectivity index (χ3v) is 5.31. The van der Waals surface area contributed by atoms with Crippen molar-refractivity contribution in [3.8, 4) is 11.1 Å². The molecule has 3 aromatic carbocycles. The Bertz CT molecular complexity index is 1170. The third kappa shape index (κ3) is 6.19. The summed E-state index contributed by atoms with van der Waals surface area (Å²) < 4.78 is 0. The van der Waals surface area contributed by atoms with E-state index in [0.717, 1.165) is 34.4 Å². The summed E-state index contributed by atoms with van der Waals surface area (Å²) in [6.45, 7) is 6.59. The Balaban J connectivity index is 2.06. The number of hydrogen-bond donors (Lipinski definition) is 1. The van der Waals surface area contributed by atoms with Gasteiger partial charge in [-0.3, -0.25) is 4.79 Å². The van der Waals surface area contributed by atoms with Crippen LogP contribution >= 0.6 is 0 Å². The molecule has 0 aliphatic carbocycles. The summed E-state index contributed by atoms with van der Waals surface area (Å²) in [5, 5.41) is 9.05. The second kappa shape index (κ2) is 9.86. The molecule has 0 unspecified atom stereocenters. The lowest BCUT2D eigenvalue weighted by Gasteiger charge is -2.27. The zero-order chi connectivity index (χ0) is 24.2. The van der Waals surface area contributed by atoms with E-state index in [-0.39, 0.29) is 16.8 Å².